The van der Waals surface area contributed by atoms with Gasteiger partial charge in [0.05, 0.1) is 50.8 Å². The molecule has 0 fully saturated rings. The van der Waals surface area contributed by atoms with E-state index in [0.717, 1.165) is 83.6 Å². The SMILES string of the molecule is CC(=O)c1ccc2c(c1)Nc1ccccc1S2.CCc1ccc2nc3cc(Cl)ccc3c(N)c2c1.Clc1ccc2c(c1)Cc1ccccc1S2.Clc1ccc2c(c1)Nc1ccccc1S2.c1ccc2c(c1)Nc1ccccc1S2. The molecule has 0 atom stereocenters. The molecular weight excluding hydrogens is 1110 g/mol. The van der Waals surface area contributed by atoms with Crippen molar-refractivity contribution in [2.75, 3.05) is 21.7 Å². The second-order valence-corrected chi connectivity index (χ2v) is 24.2. The molecule has 4 aliphatic heterocycles. The minimum absolute atomic E-state index is 0.0958. The average Bonchev–Trinajstić information content (AvgIpc) is 3.51. The molecule has 10 aromatic carbocycles. The number of fused-ring (bicyclic) bond motifs is 10. The monoisotopic (exact) mass is 1160 g/mol. The van der Waals surface area contributed by atoms with Gasteiger partial charge in [0.25, 0.3) is 0 Å². The fourth-order valence-corrected chi connectivity index (χ4v) is 13.6. The van der Waals surface area contributed by atoms with E-state index in [1.807, 2.05) is 115 Å². The van der Waals surface area contributed by atoms with Crippen LogP contribution in [0.1, 0.15) is 40.9 Å². The van der Waals surface area contributed by atoms with Crippen LogP contribution < -0.4 is 21.7 Å². The number of rotatable bonds is 2. The van der Waals surface area contributed by atoms with Crippen molar-refractivity contribution in [1.82, 2.24) is 4.98 Å². The van der Waals surface area contributed by atoms with Crippen molar-refractivity contribution in [3.8, 4) is 0 Å². The van der Waals surface area contributed by atoms with Gasteiger partial charge in [-0.25, -0.2) is 4.98 Å². The number of aryl methyl sites for hydroxylation is 1. The van der Waals surface area contributed by atoms with E-state index in [-0.39, 0.29) is 5.78 Å². The van der Waals surface area contributed by atoms with Crippen molar-refractivity contribution in [2.45, 2.75) is 65.9 Å². The number of Topliss-reactive ketones (excluding diaryl/α,β-unsaturated/α-hetero) is 1. The van der Waals surface area contributed by atoms with Gasteiger partial charge in [0.15, 0.2) is 5.78 Å². The Hall–Kier alpha value is -6.99. The first-order valence-electron chi connectivity index (χ1n) is 25.5. The van der Waals surface area contributed by atoms with E-state index in [2.05, 4.69) is 149 Å². The highest BCUT2D eigenvalue weighted by molar-refractivity contribution is 8.00. The Labute approximate surface area is 492 Å². The third-order valence-electron chi connectivity index (χ3n) is 13.2. The lowest BCUT2D eigenvalue weighted by molar-refractivity contribution is 0.101. The minimum atomic E-state index is 0.0958. The Balaban J connectivity index is 0.000000105. The topological polar surface area (TPSA) is 92.1 Å². The highest BCUT2D eigenvalue weighted by Gasteiger charge is 2.19. The number of carbonyl (C=O) groups is 1. The van der Waals surface area contributed by atoms with Gasteiger partial charge < -0.3 is 21.7 Å². The Morgan fingerprint density at radius 1 is 0.443 bits per heavy atom. The normalized spacial score (nSPS) is 12.3. The molecule has 5 N–H and O–H groups in total. The summed E-state index contributed by atoms with van der Waals surface area (Å²) in [7, 11) is 0. The van der Waals surface area contributed by atoms with Crippen LogP contribution in [0.3, 0.4) is 0 Å². The molecule has 0 saturated heterocycles. The first kappa shape index (κ1) is 54.0. The molecule has 0 aliphatic carbocycles. The molecule has 390 valence electrons. The summed E-state index contributed by atoms with van der Waals surface area (Å²) in [6.45, 7) is 3.72. The molecule has 5 heterocycles. The molecule has 0 unspecified atom stereocenters. The molecule has 0 spiro atoms. The second kappa shape index (κ2) is 24.6. The Bertz CT molecular complexity index is 3920. The molecule has 15 rings (SSSR count). The van der Waals surface area contributed by atoms with Gasteiger partial charge in [-0.2, -0.15) is 0 Å². The zero-order valence-electron chi connectivity index (χ0n) is 42.8. The number of nitrogen functional groups attached to an aromatic ring is 1. The molecule has 1 aromatic heterocycles. The van der Waals surface area contributed by atoms with Crippen LogP contribution in [-0.2, 0) is 12.8 Å². The second-order valence-electron chi connectivity index (χ2n) is 18.6. The zero-order chi connectivity index (χ0) is 54.4. The lowest BCUT2D eigenvalue weighted by Gasteiger charge is -2.20. The lowest BCUT2D eigenvalue weighted by atomic mass is 10.0. The van der Waals surface area contributed by atoms with E-state index in [9.17, 15) is 4.79 Å². The van der Waals surface area contributed by atoms with Crippen molar-refractivity contribution in [3.05, 3.63) is 250 Å². The van der Waals surface area contributed by atoms with E-state index < -0.39 is 0 Å². The van der Waals surface area contributed by atoms with E-state index in [0.29, 0.717) is 5.02 Å². The molecule has 0 bridgehead atoms. The van der Waals surface area contributed by atoms with Crippen molar-refractivity contribution in [3.63, 3.8) is 0 Å². The van der Waals surface area contributed by atoms with Gasteiger partial charge in [-0.05, 0) is 170 Å². The Morgan fingerprint density at radius 2 is 0.886 bits per heavy atom. The Kier molecular flexibility index (Phi) is 16.8. The van der Waals surface area contributed by atoms with E-state index in [1.54, 1.807) is 30.4 Å². The van der Waals surface area contributed by atoms with E-state index >= 15 is 0 Å². The van der Waals surface area contributed by atoms with Crippen LogP contribution >= 0.6 is 81.9 Å². The predicted molar refractivity (Wildman–Crippen MR) is 339 cm³/mol. The van der Waals surface area contributed by atoms with Crippen molar-refractivity contribution in [2.24, 2.45) is 0 Å². The predicted octanol–water partition coefficient (Wildman–Crippen LogP) is 21.1. The van der Waals surface area contributed by atoms with E-state index in [1.165, 1.54) is 62.3 Å². The van der Waals surface area contributed by atoms with Gasteiger partial charge in [0.1, 0.15) is 0 Å². The first-order chi connectivity index (χ1) is 38.5. The Morgan fingerprint density at radius 3 is 1.47 bits per heavy atom. The fraction of sp³-hybridized carbons (Fsp3) is 0.0606. The van der Waals surface area contributed by atoms with Gasteiger partial charge in [0.2, 0.25) is 0 Å². The molecule has 11 aromatic rings. The number of nitrogens with one attached hydrogen (secondary N) is 3. The molecule has 0 radical (unpaired) electrons. The molecule has 79 heavy (non-hydrogen) atoms. The molecule has 0 saturated carbocycles. The summed E-state index contributed by atoms with van der Waals surface area (Å²) in [4.78, 5) is 26.1. The first-order valence-corrected chi connectivity index (χ1v) is 29.9. The minimum Gasteiger partial charge on any atom is -0.398 e. The molecule has 4 aliphatic rings. The average molecular weight is 1160 g/mol. The molecule has 6 nitrogen and oxygen atoms in total. The fourth-order valence-electron chi connectivity index (χ4n) is 9.13. The van der Waals surface area contributed by atoms with Crippen molar-refractivity contribution < 1.29 is 4.79 Å². The molecule has 0 amide bonds. The van der Waals surface area contributed by atoms with Crippen LogP contribution in [-0.4, -0.2) is 10.8 Å². The maximum absolute atomic E-state index is 11.3. The largest absolute Gasteiger partial charge is 0.398 e. The maximum Gasteiger partial charge on any atom is 0.159 e. The quantitative estimate of drug-likeness (QED) is 0.0991. The maximum atomic E-state index is 11.3. The van der Waals surface area contributed by atoms with Crippen LogP contribution in [0.25, 0.3) is 21.8 Å². The van der Waals surface area contributed by atoms with Crippen LogP contribution in [0, 0.1) is 0 Å². The van der Waals surface area contributed by atoms with Crippen molar-refractivity contribution in [1.29, 1.82) is 0 Å². The third-order valence-corrected chi connectivity index (χ3v) is 18.6. The van der Waals surface area contributed by atoms with Gasteiger partial charge in [-0.1, -0.05) is 168 Å². The van der Waals surface area contributed by atoms with Crippen LogP contribution in [0.5, 0.6) is 0 Å². The smallest absolute Gasteiger partial charge is 0.159 e. The number of halogens is 3. The highest BCUT2D eigenvalue weighted by Crippen LogP contribution is 2.47. The van der Waals surface area contributed by atoms with E-state index in [4.69, 9.17) is 40.5 Å². The third kappa shape index (κ3) is 12.7. The van der Waals surface area contributed by atoms with Crippen LogP contribution in [0.15, 0.2) is 251 Å². The lowest BCUT2D eigenvalue weighted by Crippen LogP contribution is -2.01. The number of ketones is 1. The van der Waals surface area contributed by atoms with Gasteiger partial charge >= 0.3 is 0 Å². The number of hydrogen-bond donors (Lipinski definition) is 4. The number of anilines is 7. The summed E-state index contributed by atoms with van der Waals surface area (Å²) in [6, 6.07) is 71.5. The zero-order valence-corrected chi connectivity index (χ0v) is 48.4. The number of nitrogens with zero attached hydrogens (tertiary/aromatic N) is 1. The highest BCUT2D eigenvalue weighted by atomic mass is 35.5. The summed E-state index contributed by atoms with van der Waals surface area (Å²) in [5, 5.41) is 14.4. The van der Waals surface area contributed by atoms with Gasteiger partial charge in [0, 0.05) is 70.6 Å². The number of para-hydroxylation sites is 4. The van der Waals surface area contributed by atoms with Crippen LogP contribution in [0.2, 0.25) is 15.1 Å². The number of benzene rings is 10. The summed E-state index contributed by atoms with van der Waals surface area (Å²) >= 11 is 25.1. The van der Waals surface area contributed by atoms with Gasteiger partial charge in [-0.3, -0.25) is 4.79 Å². The van der Waals surface area contributed by atoms with Crippen molar-refractivity contribution >= 4 is 149 Å². The number of nitrogens with two attached hydrogens (primary N) is 1. The van der Waals surface area contributed by atoms with Crippen LogP contribution in [0.4, 0.5) is 39.8 Å². The number of hydrogen-bond acceptors (Lipinski definition) is 10. The summed E-state index contributed by atoms with van der Waals surface area (Å²) in [5.41, 5.74) is 20.3. The summed E-state index contributed by atoms with van der Waals surface area (Å²) in [5.74, 6) is 0.0958. The molecular formula is C66H50Cl3N5OS4. The standard InChI is InChI=1S/C15H13ClN2.C14H11NOS.C13H9ClS.C12H8ClNS.C12H9NS/c1-2-9-3-6-13-12(7-9)15(17)11-5-4-10(16)8-14(11)18-13;1-9(16)10-6-7-14-12(8-10)15-11-4-2-3-5-13(11)17-14;14-11-5-6-13-10(8-11)7-9-3-1-2-4-12(9)15-13;13-8-5-6-12-10(7-8)14-9-3-1-2-4-11(9)15-12;1-3-7-11-9(5-1)13-10-6-2-4-8-12(10)14-11/h3-8H,2H2,1H3,(H2,17,18);2-8,15H,1H3;1-6,8H,7H2;1-7,14H;1-8,13H. The van der Waals surface area contributed by atoms with Gasteiger partial charge in [-0.15, -0.1) is 0 Å². The number of aromatic nitrogens is 1. The number of pyridine rings is 1. The summed E-state index contributed by atoms with van der Waals surface area (Å²) < 4.78 is 0. The number of carbonyl (C=O) groups excluding carboxylic acids is 1. The molecule has 13 heteroatoms. The summed E-state index contributed by atoms with van der Waals surface area (Å²) in [6.07, 6.45) is 1.99.